The lowest BCUT2D eigenvalue weighted by Crippen LogP contribution is -2.25. The van der Waals surface area contributed by atoms with E-state index >= 15 is 0 Å². The van der Waals surface area contributed by atoms with Crippen molar-refractivity contribution >= 4 is 47.0 Å². The Hall–Kier alpha value is -4.97. The molecule has 0 aliphatic carbocycles. The summed E-state index contributed by atoms with van der Waals surface area (Å²) in [5.74, 6) is -3.63. The minimum atomic E-state index is -1.13. The molecule has 0 fully saturated rings. The van der Waals surface area contributed by atoms with Gasteiger partial charge >= 0.3 is 24.0 Å². The number of primary amides is 2. The van der Waals surface area contributed by atoms with E-state index in [4.69, 9.17) is 32.5 Å². The van der Waals surface area contributed by atoms with Crippen LogP contribution in [0.15, 0.2) is 66.7 Å². The van der Waals surface area contributed by atoms with Crippen LogP contribution in [0.4, 0.5) is 21.0 Å². The van der Waals surface area contributed by atoms with Gasteiger partial charge in [-0.3, -0.25) is 9.59 Å². The minimum absolute atomic E-state index is 0.139. The fourth-order valence-electron chi connectivity index (χ4n) is 3.92. The highest BCUT2D eigenvalue weighted by molar-refractivity contribution is 6.31. The van der Waals surface area contributed by atoms with Crippen molar-refractivity contribution in [2.45, 2.75) is 26.1 Å². The van der Waals surface area contributed by atoms with Crippen LogP contribution in [-0.2, 0) is 9.59 Å². The molecule has 3 aromatic carbocycles. The molecule has 0 bridgehead atoms. The fraction of sp³-hybridized carbons (Fsp3) is 0.214. The van der Waals surface area contributed by atoms with Crippen LogP contribution in [0.25, 0.3) is 0 Å². The molecule has 4 unspecified atom stereocenters. The van der Waals surface area contributed by atoms with Crippen LogP contribution in [0.5, 0.6) is 11.5 Å². The van der Waals surface area contributed by atoms with Gasteiger partial charge in [0, 0.05) is 22.0 Å². The number of nitrogens with two attached hydrogens (primary N) is 2. The topological polar surface area (TPSA) is 203 Å². The average Bonchev–Trinajstić information content (AvgIpc) is 2.91. The van der Waals surface area contributed by atoms with Crippen LogP contribution >= 0.6 is 11.6 Å². The molecule has 0 aliphatic rings. The van der Waals surface area contributed by atoms with Gasteiger partial charge in [-0.05, 0) is 74.0 Å². The number of halogens is 1. The summed E-state index contributed by atoms with van der Waals surface area (Å²) >= 11 is 6.63. The molecule has 13 heteroatoms. The first kappa shape index (κ1) is 30.6. The first-order valence-electron chi connectivity index (χ1n) is 12.3. The number of aliphatic carboxylic acids is 2. The lowest BCUT2D eigenvalue weighted by molar-refractivity contribution is -0.145. The first-order valence-corrected chi connectivity index (χ1v) is 12.6. The smallest absolute Gasteiger partial charge is 0.316 e. The maximum absolute atomic E-state index is 11.9. The molecule has 3 aromatic rings. The third-order valence-corrected chi connectivity index (χ3v) is 6.44. The predicted octanol–water partition coefficient (Wildman–Crippen LogP) is 5.00. The molecule has 0 saturated carbocycles. The van der Waals surface area contributed by atoms with Crippen molar-refractivity contribution in [3.8, 4) is 11.5 Å². The van der Waals surface area contributed by atoms with Crippen molar-refractivity contribution in [1.29, 1.82) is 0 Å². The number of carbonyl (C=O) groups is 4. The van der Waals surface area contributed by atoms with Gasteiger partial charge < -0.3 is 41.8 Å². The van der Waals surface area contributed by atoms with E-state index in [-0.39, 0.29) is 5.02 Å². The zero-order valence-electron chi connectivity index (χ0n) is 22.0. The zero-order valence-corrected chi connectivity index (χ0v) is 22.8. The molecule has 8 N–H and O–H groups in total. The highest BCUT2D eigenvalue weighted by atomic mass is 35.5. The van der Waals surface area contributed by atoms with Gasteiger partial charge in [-0.1, -0.05) is 23.7 Å². The molecule has 0 aliphatic heterocycles. The Morgan fingerprint density at radius 2 is 1.12 bits per heavy atom. The molecule has 3 rings (SSSR count). The van der Waals surface area contributed by atoms with E-state index in [1.54, 1.807) is 48.5 Å². The van der Waals surface area contributed by atoms with Crippen molar-refractivity contribution in [1.82, 2.24) is 0 Å². The van der Waals surface area contributed by atoms with Gasteiger partial charge in [0.25, 0.3) is 0 Å². The van der Waals surface area contributed by atoms with Crippen molar-refractivity contribution in [3.05, 3.63) is 82.9 Å². The number of carboxylic acids is 2. The monoisotopic (exact) mass is 584 g/mol. The number of urea groups is 2. The molecule has 4 atom stereocenters. The van der Waals surface area contributed by atoms with Crippen LogP contribution < -0.4 is 31.6 Å². The summed E-state index contributed by atoms with van der Waals surface area (Å²) in [5.41, 5.74) is 11.9. The second-order valence-corrected chi connectivity index (χ2v) is 9.55. The normalized spacial score (nSPS) is 13.6. The maximum Gasteiger partial charge on any atom is 0.316 e. The van der Waals surface area contributed by atoms with E-state index < -0.39 is 48.0 Å². The van der Waals surface area contributed by atoms with E-state index in [2.05, 4.69) is 10.6 Å². The van der Waals surface area contributed by atoms with Gasteiger partial charge in [-0.15, -0.1) is 0 Å². The summed E-state index contributed by atoms with van der Waals surface area (Å²) in [6, 6.07) is 15.5. The average molecular weight is 585 g/mol. The highest BCUT2D eigenvalue weighted by Gasteiger charge is 2.32. The number of anilines is 2. The molecule has 12 nitrogen and oxygen atoms in total. The Balaban J connectivity index is 1.92. The number of benzene rings is 3. The third kappa shape index (κ3) is 8.26. The van der Waals surface area contributed by atoms with Crippen molar-refractivity contribution in [2.75, 3.05) is 10.6 Å². The SMILES string of the molecule is CC(C(=O)O)C(Oc1ccc(NC(N)=O)cc1)c1ccc(C(Oc2ccc(NC(N)=O)cc2)C(C)C(=O)O)c(Cl)c1. The number of ether oxygens (including phenoxy) is 2. The van der Waals surface area contributed by atoms with E-state index in [0.29, 0.717) is 34.0 Å². The van der Waals surface area contributed by atoms with Gasteiger partial charge in [0.1, 0.15) is 23.7 Å². The Bertz CT molecular complexity index is 1420. The lowest BCUT2D eigenvalue weighted by Gasteiger charge is -2.27. The second kappa shape index (κ2) is 13.4. The van der Waals surface area contributed by atoms with Crippen LogP contribution in [0.3, 0.4) is 0 Å². The molecule has 0 saturated heterocycles. The highest BCUT2D eigenvalue weighted by Crippen LogP contribution is 2.37. The molecule has 216 valence electrons. The number of rotatable bonds is 12. The Labute approximate surface area is 240 Å². The van der Waals surface area contributed by atoms with E-state index in [1.807, 2.05) is 0 Å². The summed E-state index contributed by atoms with van der Waals surface area (Å²) in [6.07, 6.45) is -2.00. The number of nitrogens with one attached hydrogen (secondary N) is 2. The number of carboxylic acid groups (broad SMARTS) is 2. The number of amides is 4. The molecule has 0 radical (unpaired) electrons. The molecular formula is C28H29ClN4O8. The summed E-state index contributed by atoms with van der Waals surface area (Å²) < 4.78 is 12.0. The van der Waals surface area contributed by atoms with Gasteiger partial charge in [-0.2, -0.15) is 0 Å². The third-order valence-electron chi connectivity index (χ3n) is 6.12. The Morgan fingerprint density at radius 3 is 1.51 bits per heavy atom. The van der Waals surface area contributed by atoms with E-state index in [9.17, 15) is 29.4 Å². The Kier molecular flexibility index (Phi) is 9.99. The Morgan fingerprint density at radius 1 is 0.707 bits per heavy atom. The number of hydrogen-bond donors (Lipinski definition) is 6. The molecule has 0 spiro atoms. The van der Waals surface area contributed by atoms with Gasteiger partial charge in [0.15, 0.2) is 0 Å². The number of carbonyl (C=O) groups excluding carboxylic acids is 2. The number of hydrogen-bond acceptors (Lipinski definition) is 6. The first-order chi connectivity index (χ1) is 19.3. The molecule has 0 aromatic heterocycles. The lowest BCUT2D eigenvalue weighted by atomic mass is 9.92. The fourth-order valence-corrected chi connectivity index (χ4v) is 4.21. The quantitative estimate of drug-likeness (QED) is 0.170. The van der Waals surface area contributed by atoms with Gasteiger partial charge in [0.05, 0.1) is 11.8 Å². The van der Waals surface area contributed by atoms with Crippen LogP contribution in [-0.4, -0.2) is 34.2 Å². The summed E-state index contributed by atoms with van der Waals surface area (Å²) in [6.45, 7) is 2.95. The van der Waals surface area contributed by atoms with Crippen molar-refractivity contribution in [2.24, 2.45) is 23.3 Å². The van der Waals surface area contributed by atoms with E-state index in [0.717, 1.165) is 0 Å². The summed E-state index contributed by atoms with van der Waals surface area (Å²) in [4.78, 5) is 45.9. The largest absolute Gasteiger partial charge is 0.485 e. The molecular weight excluding hydrogens is 556 g/mol. The van der Waals surface area contributed by atoms with Gasteiger partial charge in [0.2, 0.25) is 0 Å². The standard InChI is InChI=1S/C28H29ClN4O8/c1-14(25(34)35)23(40-19-8-4-17(5-9-19)32-27(30)38)16-3-12-21(22(29)13-16)24(15(2)26(36)37)41-20-10-6-18(7-11-20)33-28(31)39/h3-15,23-24H,1-2H3,(H,34,35)(H,36,37)(H3,30,32,38)(H3,31,33,39). The zero-order chi connectivity index (χ0) is 30.3. The molecule has 0 heterocycles. The second-order valence-electron chi connectivity index (χ2n) is 9.14. The van der Waals surface area contributed by atoms with E-state index in [1.165, 1.54) is 32.0 Å². The minimum Gasteiger partial charge on any atom is -0.485 e. The summed E-state index contributed by atoms with van der Waals surface area (Å²) in [7, 11) is 0. The molecule has 4 amide bonds. The summed E-state index contributed by atoms with van der Waals surface area (Å²) in [5, 5.41) is 24.4. The van der Waals surface area contributed by atoms with Crippen LogP contribution in [0.1, 0.15) is 37.2 Å². The van der Waals surface area contributed by atoms with Crippen LogP contribution in [0, 0.1) is 11.8 Å². The van der Waals surface area contributed by atoms with Crippen LogP contribution in [0.2, 0.25) is 5.02 Å². The van der Waals surface area contributed by atoms with Crippen molar-refractivity contribution in [3.63, 3.8) is 0 Å². The maximum atomic E-state index is 11.9. The molecule has 41 heavy (non-hydrogen) atoms. The predicted molar refractivity (Wildman–Crippen MR) is 151 cm³/mol. The van der Waals surface area contributed by atoms with Gasteiger partial charge in [-0.25, -0.2) is 9.59 Å². The van der Waals surface area contributed by atoms with Crippen molar-refractivity contribution < 1.29 is 38.9 Å².